The first-order valence-electron chi connectivity index (χ1n) is 11.3. The number of aliphatic hydroxyl groups excluding tert-OH is 1. The Morgan fingerprint density at radius 2 is 1.76 bits per heavy atom. The van der Waals surface area contributed by atoms with Crippen LogP contribution in [-0.2, 0) is 19.1 Å². The highest BCUT2D eigenvalue weighted by atomic mass is 16.5. The van der Waals surface area contributed by atoms with Crippen LogP contribution in [0.1, 0.15) is 47.3 Å². The highest BCUT2D eigenvalue weighted by Crippen LogP contribution is 2.40. The smallest absolute Gasteiger partial charge is 0.337 e. The third kappa shape index (κ3) is 4.54. The molecule has 8 nitrogen and oxygen atoms in total. The molecule has 2 atom stereocenters. The Kier molecular flexibility index (Phi) is 6.98. The Morgan fingerprint density at radius 3 is 2.35 bits per heavy atom. The van der Waals surface area contributed by atoms with E-state index in [-0.39, 0.29) is 24.0 Å². The van der Waals surface area contributed by atoms with Gasteiger partial charge < -0.3 is 24.2 Å². The van der Waals surface area contributed by atoms with Gasteiger partial charge in [-0.15, -0.1) is 0 Å². The molecular weight excluding hydrogens is 438 g/mol. The Hall–Kier alpha value is -3.65. The Bertz CT molecular complexity index is 1100. The van der Waals surface area contributed by atoms with E-state index in [0.29, 0.717) is 35.7 Å². The number of carbonyl (C=O) groups is 3. The van der Waals surface area contributed by atoms with Crippen molar-refractivity contribution in [2.45, 2.75) is 31.9 Å². The van der Waals surface area contributed by atoms with Crippen molar-refractivity contribution < 1.29 is 33.7 Å². The monoisotopic (exact) mass is 465 g/mol. The third-order valence-electron chi connectivity index (χ3n) is 6.05. The molecule has 0 bridgehead atoms. The highest BCUT2D eigenvalue weighted by molar-refractivity contribution is 6.46. The van der Waals surface area contributed by atoms with Gasteiger partial charge in [0.05, 0.1) is 37.0 Å². The molecule has 2 fully saturated rings. The predicted molar refractivity (Wildman–Crippen MR) is 123 cm³/mol. The summed E-state index contributed by atoms with van der Waals surface area (Å²) in [6.45, 7) is 3.21. The molecule has 178 valence electrons. The van der Waals surface area contributed by atoms with Crippen molar-refractivity contribution in [2.75, 3.05) is 26.9 Å². The first-order valence-corrected chi connectivity index (χ1v) is 11.3. The van der Waals surface area contributed by atoms with Crippen LogP contribution in [0.15, 0.2) is 54.1 Å². The number of likely N-dealkylation sites (tertiary alicyclic amines) is 1. The first-order chi connectivity index (χ1) is 16.4. The van der Waals surface area contributed by atoms with E-state index < -0.39 is 23.7 Å². The molecule has 4 rings (SSSR count). The molecule has 2 aromatic carbocycles. The molecule has 0 radical (unpaired) electrons. The maximum Gasteiger partial charge on any atom is 0.337 e. The van der Waals surface area contributed by atoms with Gasteiger partial charge in [-0.3, -0.25) is 9.59 Å². The van der Waals surface area contributed by atoms with E-state index >= 15 is 0 Å². The Labute approximate surface area is 197 Å². The molecule has 1 N–H and O–H groups in total. The van der Waals surface area contributed by atoms with Gasteiger partial charge in [0.15, 0.2) is 0 Å². The van der Waals surface area contributed by atoms with E-state index in [4.69, 9.17) is 14.2 Å². The van der Waals surface area contributed by atoms with Gasteiger partial charge in [0.2, 0.25) is 0 Å². The Morgan fingerprint density at radius 1 is 1.09 bits per heavy atom. The fourth-order valence-electron chi connectivity index (χ4n) is 4.37. The zero-order valence-corrected chi connectivity index (χ0v) is 19.2. The lowest BCUT2D eigenvalue weighted by atomic mass is 9.94. The van der Waals surface area contributed by atoms with Crippen molar-refractivity contribution in [1.29, 1.82) is 0 Å². The number of hydrogen-bond acceptors (Lipinski definition) is 7. The number of Topliss-reactive ketones (excluding diaryl/α,β-unsaturated/α-hetero) is 1. The molecule has 2 unspecified atom stereocenters. The minimum absolute atomic E-state index is 0.00188. The predicted octanol–water partition coefficient (Wildman–Crippen LogP) is 3.47. The van der Waals surface area contributed by atoms with Crippen LogP contribution in [0, 0.1) is 0 Å². The standard InChI is InChI=1S/C26H27NO7/c1-3-33-19-12-10-17(11-13-19)23(28)21-22(16-6-8-18(9-7-16)26(31)32-2)27(25(30)24(21)29)15-20-5-4-14-34-20/h6-13,20,22,28H,3-5,14-15H2,1-2H3. The fourth-order valence-corrected chi connectivity index (χ4v) is 4.37. The Balaban J connectivity index is 1.77. The van der Waals surface area contributed by atoms with Gasteiger partial charge in [-0.05, 0) is 61.7 Å². The van der Waals surface area contributed by atoms with Crippen LogP contribution in [0.3, 0.4) is 0 Å². The van der Waals surface area contributed by atoms with Crippen molar-refractivity contribution in [3.8, 4) is 5.75 Å². The van der Waals surface area contributed by atoms with Gasteiger partial charge in [0.25, 0.3) is 11.7 Å². The molecular formula is C26H27NO7. The largest absolute Gasteiger partial charge is 0.507 e. The van der Waals surface area contributed by atoms with Gasteiger partial charge in [0, 0.05) is 18.7 Å². The van der Waals surface area contributed by atoms with E-state index in [2.05, 4.69) is 0 Å². The second-order valence-corrected chi connectivity index (χ2v) is 8.16. The summed E-state index contributed by atoms with van der Waals surface area (Å²) < 4.78 is 15.9. The molecule has 0 aromatic heterocycles. The number of ketones is 1. The van der Waals surface area contributed by atoms with E-state index in [1.54, 1.807) is 48.5 Å². The summed E-state index contributed by atoms with van der Waals surface area (Å²) in [5, 5.41) is 11.2. The van der Waals surface area contributed by atoms with Crippen LogP contribution in [0.4, 0.5) is 0 Å². The molecule has 0 aliphatic carbocycles. The molecule has 34 heavy (non-hydrogen) atoms. The van der Waals surface area contributed by atoms with E-state index in [9.17, 15) is 19.5 Å². The highest BCUT2D eigenvalue weighted by Gasteiger charge is 2.47. The van der Waals surface area contributed by atoms with Crippen LogP contribution in [0.25, 0.3) is 5.76 Å². The molecule has 2 aromatic rings. The first kappa shape index (κ1) is 23.5. The van der Waals surface area contributed by atoms with Gasteiger partial charge >= 0.3 is 5.97 Å². The van der Waals surface area contributed by atoms with Crippen LogP contribution >= 0.6 is 0 Å². The fraction of sp³-hybridized carbons (Fsp3) is 0.346. The molecule has 0 saturated carbocycles. The van der Waals surface area contributed by atoms with Gasteiger partial charge in [-0.25, -0.2) is 4.79 Å². The third-order valence-corrected chi connectivity index (χ3v) is 6.05. The zero-order valence-electron chi connectivity index (χ0n) is 19.2. The topological polar surface area (TPSA) is 102 Å². The summed E-state index contributed by atoms with van der Waals surface area (Å²) in [5.74, 6) is -1.57. The average Bonchev–Trinajstić information content (AvgIpc) is 3.46. The van der Waals surface area contributed by atoms with Crippen molar-refractivity contribution >= 4 is 23.4 Å². The maximum absolute atomic E-state index is 13.1. The number of carbonyl (C=O) groups excluding carboxylic acids is 3. The minimum Gasteiger partial charge on any atom is -0.507 e. The number of ether oxygens (including phenoxy) is 3. The van der Waals surface area contributed by atoms with Crippen LogP contribution < -0.4 is 4.74 Å². The normalized spacial score (nSPS) is 21.6. The lowest BCUT2D eigenvalue weighted by Gasteiger charge is -2.27. The summed E-state index contributed by atoms with van der Waals surface area (Å²) in [5.41, 5.74) is 1.33. The maximum atomic E-state index is 13.1. The average molecular weight is 466 g/mol. The number of nitrogens with zero attached hydrogens (tertiary/aromatic N) is 1. The quantitative estimate of drug-likeness (QED) is 0.289. The van der Waals surface area contributed by atoms with Crippen molar-refractivity contribution in [1.82, 2.24) is 4.90 Å². The lowest BCUT2D eigenvalue weighted by molar-refractivity contribution is -0.140. The second-order valence-electron chi connectivity index (χ2n) is 8.16. The number of benzene rings is 2. The molecule has 8 heteroatoms. The number of aliphatic hydroxyl groups is 1. The van der Waals surface area contributed by atoms with Gasteiger partial charge in [-0.1, -0.05) is 12.1 Å². The molecule has 0 spiro atoms. The SMILES string of the molecule is CCOc1ccc(C(O)=C2C(=O)C(=O)N(CC3CCCO3)C2c2ccc(C(=O)OC)cc2)cc1. The van der Waals surface area contributed by atoms with Crippen LogP contribution in [0.2, 0.25) is 0 Å². The number of amides is 1. The summed E-state index contributed by atoms with van der Waals surface area (Å²) in [6, 6.07) is 12.3. The van der Waals surface area contributed by atoms with Gasteiger partial charge in [-0.2, -0.15) is 0 Å². The molecule has 2 saturated heterocycles. The van der Waals surface area contributed by atoms with E-state index in [1.165, 1.54) is 12.0 Å². The molecule has 2 aliphatic heterocycles. The lowest BCUT2D eigenvalue weighted by Crippen LogP contribution is -2.36. The summed E-state index contributed by atoms with van der Waals surface area (Å²) in [4.78, 5) is 39.5. The van der Waals surface area contributed by atoms with Crippen LogP contribution in [-0.4, -0.2) is 60.6 Å². The van der Waals surface area contributed by atoms with Crippen LogP contribution in [0.5, 0.6) is 5.75 Å². The van der Waals surface area contributed by atoms with Gasteiger partial charge in [0.1, 0.15) is 11.5 Å². The van der Waals surface area contributed by atoms with Crippen molar-refractivity contribution in [2.24, 2.45) is 0 Å². The van der Waals surface area contributed by atoms with Crippen molar-refractivity contribution in [3.05, 3.63) is 70.8 Å². The zero-order chi connectivity index (χ0) is 24.2. The van der Waals surface area contributed by atoms with Crippen molar-refractivity contribution in [3.63, 3.8) is 0 Å². The second kappa shape index (κ2) is 10.1. The number of hydrogen-bond donors (Lipinski definition) is 1. The number of rotatable bonds is 7. The molecule has 1 amide bonds. The summed E-state index contributed by atoms with van der Waals surface area (Å²) >= 11 is 0. The summed E-state index contributed by atoms with van der Waals surface area (Å²) in [7, 11) is 1.30. The number of esters is 1. The molecule has 2 aliphatic rings. The number of methoxy groups -OCH3 is 1. The van der Waals surface area contributed by atoms with E-state index in [1.807, 2.05) is 6.92 Å². The minimum atomic E-state index is -0.817. The van der Waals surface area contributed by atoms with E-state index in [0.717, 1.165) is 12.8 Å². The summed E-state index contributed by atoms with van der Waals surface area (Å²) in [6.07, 6.45) is 1.50. The molecule has 2 heterocycles.